The maximum Gasteiger partial charge on any atom is 0.0426 e. The number of hydrogen-bond donors (Lipinski definition) is 1. The van der Waals surface area contributed by atoms with E-state index in [9.17, 15) is 0 Å². The second-order valence-electron chi connectivity index (χ2n) is 6.27. The van der Waals surface area contributed by atoms with Crippen molar-refractivity contribution in [2.45, 2.75) is 38.1 Å². The largest absolute Gasteiger partial charge is 0.369 e. The van der Waals surface area contributed by atoms with Crippen LogP contribution in [0, 0.1) is 0 Å². The van der Waals surface area contributed by atoms with Crippen LogP contribution in [0.1, 0.15) is 31.2 Å². The van der Waals surface area contributed by atoms with Gasteiger partial charge < -0.3 is 10.6 Å². The number of halogens is 1. The van der Waals surface area contributed by atoms with Crippen molar-refractivity contribution in [1.82, 2.24) is 4.90 Å². The van der Waals surface area contributed by atoms with Gasteiger partial charge in [0.05, 0.1) is 0 Å². The van der Waals surface area contributed by atoms with Crippen molar-refractivity contribution >= 4 is 17.3 Å². The third kappa shape index (κ3) is 3.53. The monoisotopic (exact) mass is 307 g/mol. The van der Waals surface area contributed by atoms with E-state index in [0.717, 1.165) is 30.6 Å². The number of benzene rings is 1. The Bertz CT molecular complexity index is 463. The highest BCUT2D eigenvalue weighted by Crippen LogP contribution is 2.29. The van der Waals surface area contributed by atoms with E-state index in [1.165, 1.54) is 50.0 Å². The molecule has 1 aromatic rings. The molecule has 1 aromatic carbocycles. The molecule has 1 saturated heterocycles. The molecule has 2 aliphatic rings. The lowest BCUT2D eigenvalue weighted by molar-refractivity contribution is 0.187. The summed E-state index contributed by atoms with van der Waals surface area (Å²) in [5, 5.41) is 0.823. The summed E-state index contributed by atoms with van der Waals surface area (Å²) in [4.78, 5) is 5.18. The number of piperazine rings is 1. The normalized spacial score (nSPS) is 21.1. The molecule has 1 heterocycles. The second kappa shape index (κ2) is 6.99. The van der Waals surface area contributed by atoms with Gasteiger partial charge in [0.2, 0.25) is 0 Å². The van der Waals surface area contributed by atoms with Gasteiger partial charge in [-0.05, 0) is 43.5 Å². The fraction of sp³-hybridized carbons (Fsp3) is 0.647. The maximum absolute atomic E-state index is 6.20. The lowest BCUT2D eigenvalue weighted by Crippen LogP contribution is -2.50. The minimum absolute atomic E-state index is 0.691. The van der Waals surface area contributed by atoms with E-state index in [2.05, 4.69) is 21.9 Å². The summed E-state index contributed by atoms with van der Waals surface area (Å²) >= 11 is 6.20. The molecule has 0 unspecified atom stereocenters. The van der Waals surface area contributed by atoms with Gasteiger partial charge in [-0.3, -0.25) is 4.90 Å². The fourth-order valence-corrected chi connectivity index (χ4v) is 3.96. The highest BCUT2D eigenvalue weighted by atomic mass is 35.5. The Labute approximate surface area is 133 Å². The molecule has 3 nitrogen and oxygen atoms in total. The number of anilines is 1. The molecular weight excluding hydrogens is 282 g/mol. The molecule has 21 heavy (non-hydrogen) atoms. The third-order valence-corrected chi connectivity index (χ3v) is 5.19. The van der Waals surface area contributed by atoms with Gasteiger partial charge in [-0.1, -0.05) is 30.5 Å². The van der Waals surface area contributed by atoms with Gasteiger partial charge in [-0.25, -0.2) is 0 Å². The Balaban J connectivity index is 1.67. The van der Waals surface area contributed by atoms with Crippen molar-refractivity contribution in [3.8, 4) is 0 Å². The first-order valence-corrected chi connectivity index (χ1v) is 8.63. The standard InChI is InChI=1S/C17H26ClN3/c18-15-6-5-14(7-8-19)17(13-15)21-11-9-20(10-12-21)16-3-1-2-4-16/h5-6,13,16H,1-4,7-12,19H2. The van der Waals surface area contributed by atoms with Crippen molar-refractivity contribution < 1.29 is 0 Å². The predicted molar refractivity (Wildman–Crippen MR) is 90.3 cm³/mol. The summed E-state index contributed by atoms with van der Waals surface area (Å²) in [6.45, 7) is 5.26. The van der Waals surface area contributed by atoms with Crippen LogP contribution in [0.5, 0.6) is 0 Å². The van der Waals surface area contributed by atoms with Crippen molar-refractivity contribution in [2.75, 3.05) is 37.6 Å². The Morgan fingerprint density at radius 3 is 2.48 bits per heavy atom. The highest BCUT2D eigenvalue weighted by molar-refractivity contribution is 6.30. The number of nitrogens with zero attached hydrogens (tertiary/aromatic N) is 2. The van der Waals surface area contributed by atoms with Gasteiger partial charge in [0.25, 0.3) is 0 Å². The van der Waals surface area contributed by atoms with Crippen LogP contribution in [-0.4, -0.2) is 43.7 Å². The number of hydrogen-bond acceptors (Lipinski definition) is 3. The molecule has 1 aliphatic heterocycles. The fourth-order valence-electron chi connectivity index (χ4n) is 3.80. The van der Waals surface area contributed by atoms with E-state index >= 15 is 0 Å². The van der Waals surface area contributed by atoms with Crippen LogP contribution >= 0.6 is 11.6 Å². The van der Waals surface area contributed by atoms with Crippen LogP contribution in [0.3, 0.4) is 0 Å². The van der Waals surface area contributed by atoms with E-state index in [1.54, 1.807) is 0 Å². The Kier molecular flexibility index (Phi) is 5.04. The van der Waals surface area contributed by atoms with Gasteiger partial charge in [-0.15, -0.1) is 0 Å². The summed E-state index contributed by atoms with van der Waals surface area (Å²) in [5.41, 5.74) is 8.36. The Morgan fingerprint density at radius 1 is 1.10 bits per heavy atom. The van der Waals surface area contributed by atoms with Crippen LogP contribution in [0.2, 0.25) is 5.02 Å². The number of nitrogens with two attached hydrogens (primary N) is 1. The summed E-state index contributed by atoms with van der Waals surface area (Å²) in [6, 6.07) is 7.06. The van der Waals surface area contributed by atoms with Crippen molar-refractivity contribution in [1.29, 1.82) is 0 Å². The molecule has 4 heteroatoms. The minimum atomic E-state index is 0.691. The topological polar surface area (TPSA) is 32.5 Å². The molecule has 1 aliphatic carbocycles. The molecule has 0 atom stereocenters. The van der Waals surface area contributed by atoms with Crippen LogP contribution < -0.4 is 10.6 Å². The van der Waals surface area contributed by atoms with Crippen LogP contribution in [0.25, 0.3) is 0 Å². The van der Waals surface area contributed by atoms with Crippen molar-refractivity contribution in [3.05, 3.63) is 28.8 Å². The first-order chi connectivity index (χ1) is 10.3. The SMILES string of the molecule is NCCc1ccc(Cl)cc1N1CCN(C2CCCC2)CC1. The van der Waals surface area contributed by atoms with E-state index in [1.807, 2.05) is 6.07 Å². The average Bonchev–Trinajstić information content (AvgIpc) is 3.04. The van der Waals surface area contributed by atoms with Gasteiger partial charge >= 0.3 is 0 Å². The third-order valence-electron chi connectivity index (χ3n) is 4.96. The molecule has 1 saturated carbocycles. The maximum atomic E-state index is 6.20. The Morgan fingerprint density at radius 2 is 1.81 bits per heavy atom. The van der Waals surface area contributed by atoms with Crippen molar-refractivity contribution in [3.63, 3.8) is 0 Å². The highest BCUT2D eigenvalue weighted by Gasteiger charge is 2.26. The summed E-state index contributed by atoms with van der Waals surface area (Å²) in [6.07, 6.45) is 6.56. The molecule has 3 rings (SSSR count). The first-order valence-electron chi connectivity index (χ1n) is 8.25. The zero-order valence-corrected chi connectivity index (χ0v) is 13.5. The first kappa shape index (κ1) is 15.1. The minimum Gasteiger partial charge on any atom is -0.369 e. The van der Waals surface area contributed by atoms with E-state index < -0.39 is 0 Å². The molecular formula is C17H26ClN3. The zero-order chi connectivity index (χ0) is 14.7. The lowest BCUT2D eigenvalue weighted by Gasteiger charge is -2.40. The van der Waals surface area contributed by atoms with Gasteiger partial charge in [0, 0.05) is 42.9 Å². The van der Waals surface area contributed by atoms with Crippen LogP contribution in [-0.2, 0) is 6.42 Å². The van der Waals surface area contributed by atoms with Crippen LogP contribution in [0.15, 0.2) is 18.2 Å². The van der Waals surface area contributed by atoms with Crippen LogP contribution in [0.4, 0.5) is 5.69 Å². The van der Waals surface area contributed by atoms with Crippen molar-refractivity contribution in [2.24, 2.45) is 5.73 Å². The summed E-state index contributed by atoms with van der Waals surface area (Å²) < 4.78 is 0. The molecule has 0 aromatic heterocycles. The smallest absolute Gasteiger partial charge is 0.0426 e. The molecule has 0 amide bonds. The quantitative estimate of drug-likeness (QED) is 0.928. The van der Waals surface area contributed by atoms with E-state index in [0.29, 0.717) is 6.54 Å². The molecule has 0 bridgehead atoms. The van der Waals surface area contributed by atoms with E-state index in [-0.39, 0.29) is 0 Å². The van der Waals surface area contributed by atoms with E-state index in [4.69, 9.17) is 17.3 Å². The predicted octanol–water partition coefficient (Wildman–Crippen LogP) is 2.91. The molecule has 2 fully saturated rings. The van der Waals surface area contributed by atoms with Gasteiger partial charge in [0.1, 0.15) is 0 Å². The summed E-state index contributed by atoms with van der Waals surface area (Å²) in [5.74, 6) is 0. The molecule has 0 radical (unpaired) electrons. The number of rotatable bonds is 4. The lowest BCUT2D eigenvalue weighted by atomic mass is 10.1. The Hall–Kier alpha value is -0.770. The summed E-state index contributed by atoms with van der Waals surface area (Å²) in [7, 11) is 0. The molecule has 2 N–H and O–H groups in total. The molecule has 0 spiro atoms. The second-order valence-corrected chi connectivity index (χ2v) is 6.71. The van der Waals surface area contributed by atoms with Gasteiger partial charge in [0.15, 0.2) is 0 Å². The average molecular weight is 308 g/mol. The van der Waals surface area contributed by atoms with Gasteiger partial charge in [-0.2, -0.15) is 0 Å². The molecule has 116 valence electrons. The zero-order valence-electron chi connectivity index (χ0n) is 12.7.